The summed E-state index contributed by atoms with van der Waals surface area (Å²) in [5, 5.41) is 6.45. The van der Waals surface area contributed by atoms with Gasteiger partial charge in [0.1, 0.15) is 5.82 Å². The molecule has 0 bridgehead atoms. The van der Waals surface area contributed by atoms with Gasteiger partial charge in [-0.3, -0.25) is 4.79 Å². The zero-order chi connectivity index (χ0) is 15.5. The third-order valence-electron chi connectivity index (χ3n) is 2.64. The van der Waals surface area contributed by atoms with E-state index >= 15 is 0 Å². The number of carbonyl (C=O) groups is 1. The molecule has 2 rings (SSSR count). The minimum atomic E-state index is -0.273. The second-order valence-corrected chi connectivity index (χ2v) is 6.15. The number of carbonyl (C=O) groups excluding carboxylic acids is 1. The molecule has 0 aliphatic rings. The SMILES string of the molecule is CC(C)(C)Nc1ccc(NC(=O)c2ccccc2Cl)nc1. The van der Waals surface area contributed by atoms with Crippen LogP contribution in [0.1, 0.15) is 31.1 Å². The lowest BCUT2D eigenvalue weighted by atomic mass is 10.1. The summed E-state index contributed by atoms with van der Waals surface area (Å²) in [7, 11) is 0. The Morgan fingerprint density at radius 1 is 1.14 bits per heavy atom. The van der Waals surface area contributed by atoms with Crippen molar-refractivity contribution in [1.82, 2.24) is 4.98 Å². The van der Waals surface area contributed by atoms with Crippen LogP contribution in [0.5, 0.6) is 0 Å². The molecule has 2 aromatic rings. The van der Waals surface area contributed by atoms with E-state index in [0.29, 0.717) is 16.4 Å². The predicted molar refractivity (Wildman–Crippen MR) is 87.0 cm³/mol. The van der Waals surface area contributed by atoms with Gasteiger partial charge in [0, 0.05) is 5.54 Å². The second kappa shape index (κ2) is 6.14. The van der Waals surface area contributed by atoms with Gasteiger partial charge in [0.15, 0.2) is 0 Å². The van der Waals surface area contributed by atoms with Gasteiger partial charge in [0.2, 0.25) is 0 Å². The number of halogens is 1. The van der Waals surface area contributed by atoms with E-state index in [-0.39, 0.29) is 11.4 Å². The van der Waals surface area contributed by atoms with E-state index in [1.165, 1.54) is 0 Å². The summed E-state index contributed by atoms with van der Waals surface area (Å²) >= 11 is 5.99. The highest BCUT2D eigenvalue weighted by molar-refractivity contribution is 6.34. The van der Waals surface area contributed by atoms with Gasteiger partial charge in [0.25, 0.3) is 5.91 Å². The maximum atomic E-state index is 12.1. The van der Waals surface area contributed by atoms with Crippen molar-refractivity contribution in [3.63, 3.8) is 0 Å². The summed E-state index contributed by atoms with van der Waals surface area (Å²) < 4.78 is 0. The van der Waals surface area contributed by atoms with Crippen LogP contribution in [0.4, 0.5) is 11.5 Å². The van der Waals surface area contributed by atoms with Crippen LogP contribution >= 0.6 is 11.6 Å². The van der Waals surface area contributed by atoms with Crippen LogP contribution in [0.3, 0.4) is 0 Å². The van der Waals surface area contributed by atoms with Crippen LogP contribution in [0.2, 0.25) is 5.02 Å². The Balaban J connectivity index is 2.07. The number of hydrogen-bond donors (Lipinski definition) is 2. The smallest absolute Gasteiger partial charge is 0.258 e. The van der Waals surface area contributed by atoms with Crippen molar-refractivity contribution in [2.75, 3.05) is 10.6 Å². The highest BCUT2D eigenvalue weighted by Crippen LogP contribution is 2.18. The van der Waals surface area contributed by atoms with E-state index < -0.39 is 0 Å². The van der Waals surface area contributed by atoms with Crippen LogP contribution in [-0.2, 0) is 0 Å². The molecule has 5 heteroatoms. The maximum Gasteiger partial charge on any atom is 0.258 e. The molecule has 1 heterocycles. The van der Waals surface area contributed by atoms with Crippen molar-refractivity contribution in [3.05, 3.63) is 53.2 Å². The molecule has 2 N–H and O–H groups in total. The van der Waals surface area contributed by atoms with Crippen LogP contribution in [0.25, 0.3) is 0 Å². The molecular formula is C16H18ClN3O. The fraction of sp³-hybridized carbons (Fsp3) is 0.250. The van der Waals surface area contributed by atoms with Gasteiger partial charge in [-0.1, -0.05) is 23.7 Å². The Hall–Kier alpha value is -2.07. The van der Waals surface area contributed by atoms with Crippen molar-refractivity contribution in [3.8, 4) is 0 Å². The number of nitrogens with zero attached hydrogens (tertiary/aromatic N) is 1. The Kier molecular flexibility index (Phi) is 4.48. The minimum absolute atomic E-state index is 0.0377. The second-order valence-electron chi connectivity index (χ2n) is 5.74. The number of hydrogen-bond acceptors (Lipinski definition) is 3. The summed E-state index contributed by atoms with van der Waals surface area (Å²) in [6, 6.07) is 10.5. The topological polar surface area (TPSA) is 54.0 Å². The molecule has 1 aromatic heterocycles. The molecule has 0 spiro atoms. The van der Waals surface area contributed by atoms with Gasteiger partial charge in [-0.15, -0.1) is 0 Å². The fourth-order valence-corrected chi connectivity index (χ4v) is 2.03. The average molecular weight is 304 g/mol. The highest BCUT2D eigenvalue weighted by atomic mass is 35.5. The monoisotopic (exact) mass is 303 g/mol. The standard InChI is InChI=1S/C16H18ClN3O/c1-16(2,3)20-11-8-9-14(18-10-11)19-15(21)12-6-4-5-7-13(12)17/h4-10,20H,1-3H3,(H,18,19,21). The maximum absolute atomic E-state index is 12.1. The highest BCUT2D eigenvalue weighted by Gasteiger charge is 2.11. The summed E-state index contributed by atoms with van der Waals surface area (Å²) in [6.45, 7) is 6.21. The predicted octanol–water partition coefficient (Wildman–Crippen LogP) is 4.20. The molecule has 0 aliphatic heterocycles. The van der Waals surface area contributed by atoms with Crippen molar-refractivity contribution < 1.29 is 4.79 Å². The fourth-order valence-electron chi connectivity index (χ4n) is 1.80. The number of pyridine rings is 1. The zero-order valence-electron chi connectivity index (χ0n) is 12.3. The molecule has 0 atom stereocenters. The molecule has 1 amide bonds. The van der Waals surface area contributed by atoms with E-state index in [1.807, 2.05) is 6.07 Å². The molecule has 0 saturated heterocycles. The van der Waals surface area contributed by atoms with Crippen molar-refractivity contribution >= 4 is 29.0 Å². The molecule has 0 unspecified atom stereocenters. The molecule has 0 fully saturated rings. The van der Waals surface area contributed by atoms with Gasteiger partial charge < -0.3 is 10.6 Å². The Labute approximate surface area is 129 Å². The first-order valence-electron chi connectivity index (χ1n) is 6.65. The molecule has 0 aliphatic carbocycles. The largest absolute Gasteiger partial charge is 0.379 e. The van der Waals surface area contributed by atoms with Crippen molar-refractivity contribution in [1.29, 1.82) is 0 Å². The molecule has 0 radical (unpaired) electrons. The van der Waals surface area contributed by atoms with E-state index in [4.69, 9.17) is 11.6 Å². The summed E-state index contributed by atoms with van der Waals surface area (Å²) in [6.07, 6.45) is 1.69. The summed E-state index contributed by atoms with van der Waals surface area (Å²) in [4.78, 5) is 16.3. The van der Waals surface area contributed by atoms with Gasteiger partial charge in [0.05, 0.1) is 22.5 Å². The number of nitrogens with one attached hydrogen (secondary N) is 2. The van der Waals surface area contributed by atoms with Gasteiger partial charge in [-0.25, -0.2) is 4.98 Å². The number of benzene rings is 1. The molecule has 21 heavy (non-hydrogen) atoms. The Morgan fingerprint density at radius 2 is 1.86 bits per heavy atom. The molecule has 0 saturated carbocycles. The van der Waals surface area contributed by atoms with Crippen LogP contribution in [0, 0.1) is 0 Å². The third-order valence-corrected chi connectivity index (χ3v) is 2.97. The van der Waals surface area contributed by atoms with E-state index in [0.717, 1.165) is 5.69 Å². The van der Waals surface area contributed by atoms with Gasteiger partial charge in [-0.05, 0) is 45.0 Å². The first kappa shape index (κ1) is 15.3. The summed E-state index contributed by atoms with van der Waals surface area (Å²) in [5.41, 5.74) is 1.29. The Morgan fingerprint density at radius 3 is 2.43 bits per heavy atom. The lowest BCUT2D eigenvalue weighted by Crippen LogP contribution is -2.26. The number of amides is 1. The molecular weight excluding hydrogens is 286 g/mol. The summed E-state index contributed by atoms with van der Waals surface area (Å²) in [5.74, 6) is 0.212. The lowest BCUT2D eigenvalue weighted by Gasteiger charge is -2.21. The first-order chi connectivity index (χ1) is 9.85. The third kappa shape index (κ3) is 4.46. The van der Waals surface area contributed by atoms with E-state index in [2.05, 4.69) is 36.4 Å². The molecule has 110 valence electrons. The minimum Gasteiger partial charge on any atom is -0.379 e. The van der Waals surface area contributed by atoms with Gasteiger partial charge in [-0.2, -0.15) is 0 Å². The quantitative estimate of drug-likeness (QED) is 0.893. The van der Waals surface area contributed by atoms with E-state index in [9.17, 15) is 4.79 Å². The normalized spacial score (nSPS) is 11.0. The van der Waals surface area contributed by atoms with Crippen molar-refractivity contribution in [2.24, 2.45) is 0 Å². The molecule has 1 aromatic carbocycles. The molecule has 4 nitrogen and oxygen atoms in total. The van der Waals surface area contributed by atoms with Crippen LogP contribution in [-0.4, -0.2) is 16.4 Å². The van der Waals surface area contributed by atoms with Crippen molar-refractivity contribution in [2.45, 2.75) is 26.3 Å². The number of anilines is 2. The average Bonchev–Trinajstić information content (AvgIpc) is 2.40. The zero-order valence-corrected chi connectivity index (χ0v) is 13.0. The Bertz CT molecular complexity index is 633. The van der Waals surface area contributed by atoms with Crippen LogP contribution < -0.4 is 10.6 Å². The number of rotatable bonds is 3. The first-order valence-corrected chi connectivity index (χ1v) is 7.03. The lowest BCUT2D eigenvalue weighted by molar-refractivity contribution is 0.102. The number of aromatic nitrogens is 1. The van der Waals surface area contributed by atoms with E-state index in [1.54, 1.807) is 36.5 Å². The van der Waals surface area contributed by atoms with Crippen LogP contribution in [0.15, 0.2) is 42.6 Å². The van der Waals surface area contributed by atoms with Gasteiger partial charge >= 0.3 is 0 Å².